The summed E-state index contributed by atoms with van der Waals surface area (Å²) in [7, 11) is 1.71. The van der Waals surface area contributed by atoms with Crippen LogP contribution < -0.4 is 21.3 Å². The molecule has 0 saturated carbocycles. The molecule has 0 spiro atoms. The Balaban J connectivity index is 2.70. The van der Waals surface area contributed by atoms with Gasteiger partial charge in [-0.15, -0.1) is 0 Å². The van der Waals surface area contributed by atoms with Gasteiger partial charge in [0, 0.05) is 6.54 Å². The molecule has 0 saturated heterocycles. The molecule has 0 fully saturated rings. The van der Waals surface area contributed by atoms with Crippen LogP contribution in [0.5, 0.6) is 5.75 Å². The summed E-state index contributed by atoms with van der Waals surface area (Å²) in [5, 5.41) is 3.19. The molecular formula is C12H21N3O. The molecule has 0 atom stereocenters. The third kappa shape index (κ3) is 3.48. The summed E-state index contributed by atoms with van der Waals surface area (Å²) < 4.78 is 5.40. The van der Waals surface area contributed by atoms with Crippen molar-refractivity contribution >= 4 is 0 Å². The lowest BCUT2D eigenvalue weighted by atomic mass is 10.0. The highest BCUT2D eigenvalue weighted by Gasteiger charge is 2.06. The Morgan fingerprint density at radius 2 is 2.06 bits per heavy atom. The van der Waals surface area contributed by atoms with E-state index in [-0.39, 0.29) is 0 Å². The van der Waals surface area contributed by atoms with E-state index in [1.807, 2.05) is 0 Å². The van der Waals surface area contributed by atoms with Gasteiger partial charge < -0.3 is 10.1 Å². The average Bonchev–Trinajstić information content (AvgIpc) is 2.26. The van der Waals surface area contributed by atoms with E-state index in [0.717, 1.165) is 18.7 Å². The number of methoxy groups -OCH3 is 1. The molecule has 0 aliphatic rings. The number of rotatable bonds is 6. The molecule has 0 heterocycles. The van der Waals surface area contributed by atoms with Crippen LogP contribution in [-0.2, 0) is 6.42 Å². The monoisotopic (exact) mass is 223 g/mol. The summed E-state index contributed by atoms with van der Waals surface area (Å²) in [5.74, 6) is 6.15. The van der Waals surface area contributed by atoms with Gasteiger partial charge in [0.1, 0.15) is 5.75 Å². The Hall–Kier alpha value is -1.10. The van der Waals surface area contributed by atoms with Crippen molar-refractivity contribution in [3.63, 3.8) is 0 Å². The maximum absolute atomic E-state index is 5.40. The van der Waals surface area contributed by atoms with Gasteiger partial charge in [-0.2, -0.15) is 0 Å². The van der Waals surface area contributed by atoms with Crippen molar-refractivity contribution < 1.29 is 4.74 Å². The van der Waals surface area contributed by atoms with E-state index in [2.05, 4.69) is 36.7 Å². The Kier molecular flexibility index (Phi) is 5.25. The number of hydrogen-bond donors (Lipinski definition) is 3. The van der Waals surface area contributed by atoms with Gasteiger partial charge in [0.15, 0.2) is 0 Å². The minimum absolute atomic E-state index is 0.618. The van der Waals surface area contributed by atoms with Crippen LogP contribution in [0.25, 0.3) is 0 Å². The maximum atomic E-state index is 5.40. The summed E-state index contributed by atoms with van der Waals surface area (Å²) >= 11 is 0. The Morgan fingerprint density at radius 3 is 2.69 bits per heavy atom. The van der Waals surface area contributed by atoms with E-state index < -0.39 is 0 Å². The Morgan fingerprint density at radius 1 is 1.31 bits per heavy atom. The second-order valence-corrected chi connectivity index (χ2v) is 3.89. The minimum atomic E-state index is 0.618. The highest BCUT2D eigenvalue weighted by molar-refractivity contribution is 5.43. The van der Waals surface area contributed by atoms with Gasteiger partial charge in [0.25, 0.3) is 0 Å². The van der Waals surface area contributed by atoms with Gasteiger partial charge in [0.05, 0.1) is 13.8 Å². The van der Waals surface area contributed by atoms with Gasteiger partial charge in [0.2, 0.25) is 0 Å². The van der Waals surface area contributed by atoms with Crippen LogP contribution in [-0.4, -0.2) is 20.3 Å². The first-order valence-corrected chi connectivity index (χ1v) is 5.47. The number of nitrogens with one attached hydrogen (secondary N) is 2. The van der Waals surface area contributed by atoms with Gasteiger partial charge in [-0.3, -0.25) is 5.84 Å². The van der Waals surface area contributed by atoms with Crippen LogP contribution in [0.15, 0.2) is 12.1 Å². The molecule has 1 rings (SSSR count). The van der Waals surface area contributed by atoms with Crippen molar-refractivity contribution in [2.24, 2.45) is 5.84 Å². The first kappa shape index (κ1) is 13.0. The molecule has 90 valence electrons. The standard InChI is InChI=1S/C12H21N3O/c1-9-6-10(2)11(12(7-9)16-3)4-5-14-8-15-13/h6-7,14-15H,4-5,8,13H2,1-3H3. The zero-order chi connectivity index (χ0) is 12.0. The molecule has 0 amide bonds. The number of hydrazine groups is 1. The predicted octanol–water partition coefficient (Wildman–Crippen LogP) is 0.865. The molecule has 4 heteroatoms. The van der Waals surface area contributed by atoms with E-state index in [1.54, 1.807) is 7.11 Å². The molecule has 0 bridgehead atoms. The molecule has 0 aliphatic carbocycles. The molecule has 4 nitrogen and oxygen atoms in total. The fraction of sp³-hybridized carbons (Fsp3) is 0.500. The zero-order valence-corrected chi connectivity index (χ0v) is 10.3. The quantitative estimate of drug-likeness (QED) is 0.290. The molecule has 0 aliphatic heterocycles. The molecule has 0 radical (unpaired) electrons. The van der Waals surface area contributed by atoms with Crippen LogP contribution in [0.2, 0.25) is 0 Å². The SMILES string of the molecule is COc1cc(C)cc(C)c1CCNCNN. The fourth-order valence-electron chi connectivity index (χ4n) is 1.83. The van der Waals surface area contributed by atoms with E-state index in [1.165, 1.54) is 16.7 Å². The molecule has 0 unspecified atom stereocenters. The highest BCUT2D eigenvalue weighted by atomic mass is 16.5. The molecular weight excluding hydrogens is 202 g/mol. The van der Waals surface area contributed by atoms with Gasteiger partial charge >= 0.3 is 0 Å². The van der Waals surface area contributed by atoms with Crippen molar-refractivity contribution in [3.05, 3.63) is 28.8 Å². The second-order valence-electron chi connectivity index (χ2n) is 3.89. The first-order valence-electron chi connectivity index (χ1n) is 5.47. The predicted molar refractivity (Wildman–Crippen MR) is 66.4 cm³/mol. The smallest absolute Gasteiger partial charge is 0.122 e. The van der Waals surface area contributed by atoms with Crippen LogP contribution in [0.3, 0.4) is 0 Å². The topological polar surface area (TPSA) is 59.3 Å². The van der Waals surface area contributed by atoms with Crippen LogP contribution in [0.1, 0.15) is 16.7 Å². The largest absolute Gasteiger partial charge is 0.496 e. The number of benzene rings is 1. The Labute approximate surface area is 97.1 Å². The molecule has 16 heavy (non-hydrogen) atoms. The molecule has 1 aromatic rings. The number of ether oxygens (including phenoxy) is 1. The minimum Gasteiger partial charge on any atom is -0.496 e. The molecule has 0 aromatic heterocycles. The van der Waals surface area contributed by atoms with Crippen LogP contribution >= 0.6 is 0 Å². The van der Waals surface area contributed by atoms with E-state index in [0.29, 0.717) is 6.67 Å². The van der Waals surface area contributed by atoms with Gasteiger partial charge in [-0.05, 0) is 43.0 Å². The van der Waals surface area contributed by atoms with Crippen molar-refractivity contribution in [2.75, 3.05) is 20.3 Å². The average molecular weight is 223 g/mol. The maximum Gasteiger partial charge on any atom is 0.122 e. The van der Waals surface area contributed by atoms with Crippen molar-refractivity contribution in [1.29, 1.82) is 0 Å². The Bertz CT molecular complexity index is 339. The van der Waals surface area contributed by atoms with E-state index >= 15 is 0 Å². The number of nitrogens with two attached hydrogens (primary N) is 1. The van der Waals surface area contributed by atoms with Crippen LogP contribution in [0, 0.1) is 13.8 Å². The summed E-state index contributed by atoms with van der Waals surface area (Å²) in [6.07, 6.45) is 0.941. The van der Waals surface area contributed by atoms with E-state index in [9.17, 15) is 0 Å². The zero-order valence-electron chi connectivity index (χ0n) is 10.3. The van der Waals surface area contributed by atoms with Gasteiger partial charge in [-0.1, -0.05) is 6.07 Å². The van der Waals surface area contributed by atoms with Gasteiger partial charge in [-0.25, -0.2) is 5.43 Å². The van der Waals surface area contributed by atoms with Crippen molar-refractivity contribution in [1.82, 2.24) is 10.7 Å². The lowest BCUT2D eigenvalue weighted by Crippen LogP contribution is -2.34. The molecule has 4 N–H and O–H groups in total. The first-order chi connectivity index (χ1) is 7.69. The fourth-order valence-corrected chi connectivity index (χ4v) is 1.83. The summed E-state index contributed by atoms with van der Waals surface area (Å²) in [4.78, 5) is 0. The summed E-state index contributed by atoms with van der Waals surface area (Å²) in [6.45, 7) is 5.69. The number of hydrogen-bond acceptors (Lipinski definition) is 4. The van der Waals surface area contributed by atoms with Crippen molar-refractivity contribution in [2.45, 2.75) is 20.3 Å². The third-order valence-electron chi connectivity index (χ3n) is 2.58. The molecule has 1 aromatic carbocycles. The third-order valence-corrected chi connectivity index (χ3v) is 2.58. The second kappa shape index (κ2) is 6.48. The van der Waals surface area contributed by atoms with E-state index in [4.69, 9.17) is 10.6 Å². The summed E-state index contributed by atoms with van der Waals surface area (Å²) in [6, 6.07) is 4.25. The van der Waals surface area contributed by atoms with Crippen LogP contribution in [0.4, 0.5) is 0 Å². The summed E-state index contributed by atoms with van der Waals surface area (Å²) in [5.41, 5.74) is 6.33. The number of aryl methyl sites for hydroxylation is 2. The lowest BCUT2D eigenvalue weighted by Gasteiger charge is -2.13. The lowest BCUT2D eigenvalue weighted by molar-refractivity contribution is 0.408. The highest BCUT2D eigenvalue weighted by Crippen LogP contribution is 2.24. The normalized spacial score (nSPS) is 10.5. The van der Waals surface area contributed by atoms with Crippen molar-refractivity contribution in [3.8, 4) is 5.75 Å².